The van der Waals surface area contributed by atoms with Crippen molar-refractivity contribution in [3.63, 3.8) is 0 Å². The van der Waals surface area contributed by atoms with Crippen LogP contribution >= 0.6 is 0 Å². The monoisotopic (exact) mass is 394 g/mol. The summed E-state index contributed by atoms with van der Waals surface area (Å²) >= 11 is 0. The molecular formula is C19H30N4O3S. The molecule has 1 aromatic heterocycles. The summed E-state index contributed by atoms with van der Waals surface area (Å²) in [5.74, 6) is 0.371. The second-order valence-corrected chi connectivity index (χ2v) is 10.6. The summed E-state index contributed by atoms with van der Waals surface area (Å²) in [6.07, 6.45) is 12.2. The van der Waals surface area contributed by atoms with E-state index < -0.39 is 10.0 Å². The molecule has 3 fully saturated rings. The van der Waals surface area contributed by atoms with Crippen molar-refractivity contribution in [3.05, 3.63) is 12.5 Å². The summed E-state index contributed by atoms with van der Waals surface area (Å²) in [7, 11) is -1.80. The largest absolute Gasteiger partial charge is 0.353 e. The number of imidazole rings is 1. The molecule has 2 aliphatic carbocycles. The Bertz CT molecular complexity index is 794. The molecule has 2 saturated carbocycles. The Morgan fingerprint density at radius 1 is 1.30 bits per heavy atom. The molecule has 1 spiro atoms. The van der Waals surface area contributed by atoms with E-state index in [0.29, 0.717) is 25.6 Å². The lowest BCUT2D eigenvalue weighted by Crippen LogP contribution is -2.35. The van der Waals surface area contributed by atoms with Crippen LogP contribution in [0.1, 0.15) is 57.8 Å². The van der Waals surface area contributed by atoms with E-state index in [1.807, 2.05) is 0 Å². The highest BCUT2D eigenvalue weighted by molar-refractivity contribution is 7.89. The minimum atomic E-state index is -3.57. The maximum atomic E-state index is 13.1. The molecule has 0 aromatic carbocycles. The lowest BCUT2D eigenvalue weighted by molar-refractivity contribution is -0.121. The number of nitrogens with one attached hydrogen (secondary N) is 1. The molecule has 4 rings (SSSR count). The number of aromatic nitrogens is 2. The minimum absolute atomic E-state index is 0.0277. The molecule has 7 nitrogen and oxygen atoms in total. The van der Waals surface area contributed by atoms with Gasteiger partial charge in [-0.25, -0.2) is 13.4 Å². The van der Waals surface area contributed by atoms with E-state index in [1.54, 1.807) is 22.1 Å². The Morgan fingerprint density at radius 2 is 2.04 bits per heavy atom. The predicted octanol–water partition coefficient (Wildman–Crippen LogP) is 2.05. The summed E-state index contributed by atoms with van der Waals surface area (Å²) in [6.45, 7) is 1.08. The van der Waals surface area contributed by atoms with Crippen molar-refractivity contribution >= 4 is 15.9 Å². The van der Waals surface area contributed by atoms with Crippen molar-refractivity contribution in [2.24, 2.45) is 18.4 Å². The maximum Gasteiger partial charge on any atom is 0.262 e. The van der Waals surface area contributed by atoms with Crippen LogP contribution in [0, 0.1) is 11.3 Å². The van der Waals surface area contributed by atoms with Gasteiger partial charge in [0.15, 0.2) is 5.03 Å². The lowest BCUT2D eigenvalue weighted by atomic mass is 9.66. The van der Waals surface area contributed by atoms with E-state index in [4.69, 9.17) is 0 Å². The van der Waals surface area contributed by atoms with Gasteiger partial charge >= 0.3 is 0 Å². The van der Waals surface area contributed by atoms with Gasteiger partial charge in [0.1, 0.15) is 0 Å². The van der Waals surface area contributed by atoms with E-state index in [0.717, 1.165) is 44.9 Å². The first kappa shape index (κ1) is 18.9. The van der Waals surface area contributed by atoms with Gasteiger partial charge in [-0.3, -0.25) is 4.79 Å². The Morgan fingerprint density at radius 3 is 2.67 bits per heavy atom. The van der Waals surface area contributed by atoms with Gasteiger partial charge in [0.05, 0.1) is 6.33 Å². The first-order chi connectivity index (χ1) is 12.9. The lowest BCUT2D eigenvalue weighted by Gasteiger charge is -2.38. The average Bonchev–Trinajstić information content (AvgIpc) is 3.21. The van der Waals surface area contributed by atoms with E-state index in [2.05, 4.69) is 10.3 Å². The van der Waals surface area contributed by atoms with Crippen LogP contribution in [0.2, 0.25) is 0 Å². The van der Waals surface area contributed by atoms with Gasteiger partial charge in [-0.05, 0) is 43.4 Å². The molecule has 8 heteroatoms. The standard InChI is InChI=1S/C19H30N4O3S/c1-22-12-18(20-14-22)27(25,26)23-11-15(5-8-17(24)21-16-6-7-16)19(13-23)9-3-2-4-10-19/h12,14-16H,2-11,13H2,1H3,(H,21,24). The van der Waals surface area contributed by atoms with Crippen molar-refractivity contribution in [2.45, 2.75) is 68.9 Å². The van der Waals surface area contributed by atoms with Crippen molar-refractivity contribution in [1.82, 2.24) is 19.2 Å². The number of sulfonamides is 1. The van der Waals surface area contributed by atoms with E-state index in [9.17, 15) is 13.2 Å². The van der Waals surface area contributed by atoms with Crippen LogP contribution in [0.3, 0.4) is 0 Å². The zero-order chi connectivity index (χ0) is 19.1. The predicted molar refractivity (Wildman–Crippen MR) is 101 cm³/mol. The van der Waals surface area contributed by atoms with Crippen molar-refractivity contribution in [2.75, 3.05) is 13.1 Å². The SMILES string of the molecule is Cn1cnc(S(=O)(=O)N2CC(CCC(=O)NC3CC3)C3(CCCCC3)C2)c1. The third kappa shape index (κ3) is 3.92. The first-order valence-electron chi connectivity index (χ1n) is 10.2. The Kier molecular flexibility index (Phi) is 5.05. The Labute approximate surface area is 161 Å². The quantitative estimate of drug-likeness (QED) is 0.800. The smallest absolute Gasteiger partial charge is 0.262 e. The number of aryl methyl sites for hydroxylation is 1. The summed E-state index contributed by atoms with van der Waals surface area (Å²) in [5.41, 5.74) is 0.0277. The van der Waals surface area contributed by atoms with Crippen LogP contribution < -0.4 is 5.32 Å². The fourth-order valence-electron chi connectivity index (χ4n) is 4.87. The molecule has 0 bridgehead atoms. The van der Waals surface area contributed by atoms with Gasteiger partial charge in [0, 0.05) is 38.8 Å². The van der Waals surface area contributed by atoms with Gasteiger partial charge in [-0.1, -0.05) is 19.3 Å². The molecule has 150 valence electrons. The highest BCUT2D eigenvalue weighted by Gasteiger charge is 2.50. The summed E-state index contributed by atoms with van der Waals surface area (Å²) in [4.78, 5) is 16.2. The zero-order valence-corrected chi connectivity index (χ0v) is 16.9. The van der Waals surface area contributed by atoms with Crippen molar-refractivity contribution in [1.29, 1.82) is 0 Å². The fourth-order valence-corrected chi connectivity index (χ4v) is 6.42. The van der Waals surface area contributed by atoms with Gasteiger partial charge < -0.3 is 9.88 Å². The van der Waals surface area contributed by atoms with Crippen LogP contribution in [0.25, 0.3) is 0 Å². The van der Waals surface area contributed by atoms with E-state index in [-0.39, 0.29) is 22.3 Å². The topological polar surface area (TPSA) is 84.3 Å². The van der Waals surface area contributed by atoms with Crippen molar-refractivity contribution < 1.29 is 13.2 Å². The average molecular weight is 395 g/mol. The number of rotatable bonds is 6. The molecule has 2 heterocycles. The number of carbonyl (C=O) groups excluding carboxylic acids is 1. The Hall–Kier alpha value is -1.41. The van der Waals surface area contributed by atoms with Crippen LogP contribution in [0.5, 0.6) is 0 Å². The highest BCUT2D eigenvalue weighted by Crippen LogP contribution is 2.50. The van der Waals surface area contributed by atoms with E-state index in [1.165, 1.54) is 12.7 Å². The highest BCUT2D eigenvalue weighted by atomic mass is 32.2. The molecule has 1 aliphatic heterocycles. The van der Waals surface area contributed by atoms with Crippen LogP contribution in [0.15, 0.2) is 17.6 Å². The normalized spacial score (nSPS) is 25.7. The van der Waals surface area contributed by atoms with Crippen LogP contribution in [-0.4, -0.2) is 47.3 Å². The minimum Gasteiger partial charge on any atom is -0.353 e. The second kappa shape index (κ2) is 7.20. The first-order valence-corrected chi connectivity index (χ1v) is 11.6. The summed E-state index contributed by atoms with van der Waals surface area (Å²) < 4.78 is 29.5. The fraction of sp³-hybridized carbons (Fsp3) is 0.789. The molecule has 1 N–H and O–H groups in total. The van der Waals surface area contributed by atoms with E-state index >= 15 is 0 Å². The second-order valence-electron chi connectivity index (χ2n) is 8.68. The molecule has 27 heavy (non-hydrogen) atoms. The summed E-state index contributed by atoms with van der Waals surface area (Å²) in [6, 6.07) is 0.380. The molecule has 3 aliphatic rings. The molecule has 1 unspecified atom stereocenters. The van der Waals surface area contributed by atoms with Crippen LogP contribution in [-0.2, 0) is 21.9 Å². The number of hydrogen-bond acceptors (Lipinski definition) is 4. The third-order valence-electron chi connectivity index (χ3n) is 6.58. The molecular weight excluding hydrogens is 364 g/mol. The van der Waals surface area contributed by atoms with Crippen molar-refractivity contribution in [3.8, 4) is 0 Å². The molecule has 1 saturated heterocycles. The van der Waals surface area contributed by atoms with Gasteiger partial charge in [-0.15, -0.1) is 0 Å². The molecule has 1 atom stereocenters. The number of nitrogens with zero attached hydrogens (tertiary/aromatic N) is 3. The molecule has 1 aromatic rings. The van der Waals surface area contributed by atoms with Gasteiger partial charge in [0.2, 0.25) is 5.91 Å². The number of amides is 1. The number of hydrogen-bond donors (Lipinski definition) is 1. The van der Waals surface area contributed by atoms with Crippen LogP contribution in [0.4, 0.5) is 0 Å². The molecule has 1 amide bonds. The number of carbonyl (C=O) groups is 1. The van der Waals surface area contributed by atoms with Gasteiger partial charge in [0.25, 0.3) is 10.0 Å². The zero-order valence-electron chi connectivity index (χ0n) is 16.1. The maximum absolute atomic E-state index is 13.1. The third-order valence-corrected chi connectivity index (χ3v) is 8.28. The van der Waals surface area contributed by atoms with Gasteiger partial charge in [-0.2, -0.15) is 4.31 Å². The summed E-state index contributed by atoms with van der Waals surface area (Å²) in [5, 5.41) is 3.18. The molecule has 0 radical (unpaired) electrons. The Balaban J connectivity index is 1.49.